The summed E-state index contributed by atoms with van der Waals surface area (Å²) in [6.07, 6.45) is 1.80. The summed E-state index contributed by atoms with van der Waals surface area (Å²) in [6, 6.07) is 32.4. The maximum Gasteiger partial charge on any atom is 3.00 e. The normalized spacial score (nSPS) is 9.41. The Labute approximate surface area is 183 Å². The minimum atomic E-state index is 0. The Balaban J connectivity index is 0.000000234. The van der Waals surface area contributed by atoms with E-state index >= 15 is 0 Å². The molecule has 2 nitrogen and oxygen atoms in total. The van der Waals surface area contributed by atoms with Gasteiger partial charge in [-0.15, -0.1) is 23.8 Å². The summed E-state index contributed by atoms with van der Waals surface area (Å²) in [5, 5.41) is 0. The predicted octanol–water partition coefficient (Wildman–Crippen LogP) is 6.87. The summed E-state index contributed by atoms with van der Waals surface area (Å²) in [4.78, 5) is 7.76. The van der Waals surface area contributed by atoms with Crippen LogP contribution < -0.4 is 0 Å². The molecule has 0 amide bonds. The number of para-hydroxylation sites is 1. The molecule has 0 N–H and O–H groups in total. The van der Waals surface area contributed by atoms with Crippen LogP contribution in [0.3, 0.4) is 0 Å². The maximum atomic E-state index is 6.85. The van der Waals surface area contributed by atoms with Gasteiger partial charge in [-0.3, -0.25) is 4.98 Å². The first kappa shape index (κ1) is 22.1. The molecule has 0 saturated heterocycles. The monoisotopic (exact) mass is 418 g/mol. The van der Waals surface area contributed by atoms with Gasteiger partial charge >= 0.3 is 16.5 Å². The molecule has 143 valence electrons. The van der Waals surface area contributed by atoms with E-state index in [1.54, 1.807) is 6.20 Å². The van der Waals surface area contributed by atoms with Crippen molar-refractivity contribution in [3.8, 4) is 22.4 Å². The zero-order valence-corrected chi connectivity index (χ0v) is 17.3. The van der Waals surface area contributed by atoms with E-state index in [4.69, 9.17) is 6.57 Å². The molecule has 1 radical (unpaired) electrons. The van der Waals surface area contributed by atoms with E-state index in [-0.39, 0.29) is 16.5 Å². The fraction of sp³-hybridized carbons (Fsp3) is 0.0769. The second kappa shape index (κ2) is 11.0. The quantitative estimate of drug-likeness (QED) is 0.256. The van der Waals surface area contributed by atoms with E-state index < -0.39 is 0 Å². The first-order valence-electron chi connectivity index (χ1n) is 9.03. The molecule has 1 heterocycles. The molecule has 3 aromatic carbocycles. The number of hydrogen-bond donors (Lipinski definition) is 0. The van der Waals surface area contributed by atoms with Crippen LogP contribution in [0, 0.1) is 32.6 Å². The molecule has 1 aromatic heterocycles. The van der Waals surface area contributed by atoms with Crippen LogP contribution >= 0.6 is 0 Å². The zero-order valence-electron chi connectivity index (χ0n) is 16.3. The molecule has 0 aliphatic rings. The summed E-state index contributed by atoms with van der Waals surface area (Å²) in [6.45, 7) is 10.8. The van der Waals surface area contributed by atoms with Gasteiger partial charge in [-0.1, -0.05) is 30.3 Å². The fourth-order valence-corrected chi connectivity index (χ4v) is 2.84. The first-order chi connectivity index (χ1) is 13.7. The second-order valence-corrected chi connectivity index (χ2v) is 6.32. The van der Waals surface area contributed by atoms with Gasteiger partial charge in [0.25, 0.3) is 0 Å². The third-order valence-corrected chi connectivity index (χ3v) is 4.29. The van der Waals surface area contributed by atoms with E-state index in [9.17, 15) is 0 Å². The van der Waals surface area contributed by atoms with E-state index in [2.05, 4.69) is 22.0 Å². The van der Waals surface area contributed by atoms with Crippen LogP contribution in [-0.4, -0.2) is 4.98 Å². The number of aryl methyl sites for hydroxylation is 2. The fourth-order valence-electron chi connectivity index (χ4n) is 2.84. The molecule has 0 atom stereocenters. The minimum absolute atomic E-state index is 0. The standard InChI is InChI=1S/C17H11N.C9H9N.Ni/c1-2-7-14(8-3-1)15-9-6-10-16(13-15)17-11-4-5-12-18-17;1-7-5-4-6-8(2)9(7)10-3;/h1-7,9-12H;4-6H,1-2H3;/q-2;;+3. The second-order valence-electron chi connectivity index (χ2n) is 6.32. The molecule has 0 spiro atoms. The van der Waals surface area contributed by atoms with Crippen LogP contribution in [0.5, 0.6) is 0 Å². The number of aromatic nitrogens is 1. The van der Waals surface area contributed by atoms with Gasteiger partial charge in [-0.25, -0.2) is 10.4 Å². The van der Waals surface area contributed by atoms with Crippen LogP contribution in [0.1, 0.15) is 11.1 Å². The van der Waals surface area contributed by atoms with Crippen LogP contribution in [0.25, 0.3) is 27.2 Å². The van der Waals surface area contributed by atoms with Crippen molar-refractivity contribution < 1.29 is 16.5 Å². The van der Waals surface area contributed by atoms with Crippen LogP contribution in [0.2, 0.25) is 0 Å². The van der Waals surface area contributed by atoms with Gasteiger partial charge < -0.3 is 0 Å². The Morgan fingerprint density at radius 2 is 1.41 bits per heavy atom. The summed E-state index contributed by atoms with van der Waals surface area (Å²) in [5.74, 6) is 0. The minimum Gasteiger partial charge on any atom is -0.295 e. The largest absolute Gasteiger partial charge is 3.00 e. The Kier molecular flexibility index (Phi) is 8.34. The average molecular weight is 419 g/mol. The van der Waals surface area contributed by atoms with Crippen molar-refractivity contribution in [1.29, 1.82) is 0 Å². The molecular formula is C26H20N2Ni+. The molecule has 0 bridgehead atoms. The average Bonchev–Trinajstić information content (AvgIpc) is 2.76. The Bertz CT molecular complexity index is 1010. The smallest absolute Gasteiger partial charge is 0.295 e. The summed E-state index contributed by atoms with van der Waals surface area (Å²) < 4.78 is 0. The molecule has 0 aliphatic carbocycles. The van der Waals surface area contributed by atoms with Gasteiger partial charge in [0.05, 0.1) is 6.57 Å². The molecular weight excluding hydrogens is 399 g/mol. The van der Waals surface area contributed by atoms with Gasteiger partial charge in [-0.2, -0.15) is 42.0 Å². The van der Waals surface area contributed by atoms with Crippen molar-refractivity contribution in [1.82, 2.24) is 4.98 Å². The van der Waals surface area contributed by atoms with Gasteiger partial charge in [0, 0.05) is 11.9 Å². The summed E-state index contributed by atoms with van der Waals surface area (Å²) in [5.41, 5.74) is 6.96. The number of hydrogen-bond acceptors (Lipinski definition) is 1. The third kappa shape index (κ3) is 5.88. The van der Waals surface area contributed by atoms with Gasteiger partial charge in [-0.05, 0) is 31.0 Å². The van der Waals surface area contributed by atoms with Crippen LogP contribution in [0.4, 0.5) is 5.69 Å². The molecule has 3 heteroatoms. The molecule has 0 unspecified atom stereocenters. The Morgan fingerprint density at radius 1 is 0.759 bits per heavy atom. The molecule has 0 fully saturated rings. The van der Waals surface area contributed by atoms with Crippen molar-refractivity contribution >= 4 is 5.69 Å². The van der Waals surface area contributed by atoms with Crippen molar-refractivity contribution in [2.24, 2.45) is 0 Å². The van der Waals surface area contributed by atoms with Gasteiger partial charge in [0.1, 0.15) is 0 Å². The number of rotatable bonds is 2. The summed E-state index contributed by atoms with van der Waals surface area (Å²) in [7, 11) is 0. The predicted molar refractivity (Wildman–Crippen MR) is 115 cm³/mol. The number of benzene rings is 3. The summed E-state index contributed by atoms with van der Waals surface area (Å²) >= 11 is 0. The molecule has 29 heavy (non-hydrogen) atoms. The van der Waals surface area contributed by atoms with Crippen molar-refractivity contribution in [3.05, 3.63) is 120 Å². The molecule has 0 aliphatic heterocycles. The van der Waals surface area contributed by atoms with E-state index in [0.717, 1.165) is 39.2 Å². The molecule has 4 rings (SSSR count). The topological polar surface area (TPSA) is 17.2 Å². The SMILES string of the molecule is [C-]#[N+]c1c(C)cccc1C.[Ni+3].[c-]1ccccc1-c1[c-]c(-c2ccccn2)ccc1. The van der Waals surface area contributed by atoms with Gasteiger partial charge in [0.15, 0.2) is 5.69 Å². The van der Waals surface area contributed by atoms with Crippen molar-refractivity contribution in [2.75, 3.05) is 0 Å². The van der Waals surface area contributed by atoms with Gasteiger partial charge in [0.2, 0.25) is 0 Å². The van der Waals surface area contributed by atoms with E-state index in [0.29, 0.717) is 0 Å². The van der Waals surface area contributed by atoms with Crippen molar-refractivity contribution in [2.45, 2.75) is 13.8 Å². The van der Waals surface area contributed by atoms with E-state index in [1.165, 1.54) is 0 Å². The van der Waals surface area contributed by atoms with Crippen LogP contribution in [0.15, 0.2) is 85.1 Å². The zero-order chi connectivity index (χ0) is 19.8. The van der Waals surface area contributed by atoms with Crippen molar-refractivity contribution in [3.63, 3.8) is 0 Å². The van der Waals surface area contributed by atoms with E-state index in [1.807, 2.05) is 92.7 Å². The Morgan fingerprint density at radius 3 is 2.00 bits per heavy atom. The Hall–Kier alpha value is -3.21. The first-order valence-corrected chi connectivity index (χ1v) is 9.03. The van der Waals surface area contributed by atoms with Crippen LogP contribution in [-0.2, 0) is 16.5 Å². The molecule has 4 aromatic rings. The number of nitrogens with zero attached hydrogens (tertiary/aromatic N) is 2. The molecule has 0 saturated carbocycles. The number of pyridine rings is 1. The maximum absolute atomic E-state index is 6.85. The third-order valence-electron chi connectivity index (χ3n) is 4.29.